The van der Waals surface area contributed by atoms with Crippen molar-refractivity contribution in [1.29, 1.82) is 0 Å². The highest BCUT2D eigenvalue weighted by Gasteiger charge is 2.12. The van der Waals surface area contributed by atoms with E-state index in [1.807, 2.05) is 42.5 Å². The van der Waals surface area contributed by atoms with Crippen molar-refractivity contribution in [2.75, 3.05) is 14.2 Å². The number of carbonyl (C=O) groups is 1. The molecule has 0 aliphatic heterocycles. The van der Waals surface area contributed by atoms with Gasteiger partial charge in [0, 0.05) is 10.0 Å². The topological polar surface area (TPSA) is 69.2 Å². The fourth-order valence-corrected chi connectivity index (χ4v) is 3.25. The summed E-state index contributed by atoms with van der Waals surface area (Å²) in [7, 11) is 3.11. The smallest absolute Gasteiger partial charge is 0.275 e. The molecule has 3 aromatic rings. The van der Waals surface area contributed by atoms with E-state index >= 15 is 0 Å². The maximum absolute atomic E-state index is 12.6. The molecule has 0 atom stereocenters. The molecule has 0 saturated carbocycles. The second-order valence-electron chi connectivity index (χ2n) is 6.20. The molecule has 1 N–H and O–H groups in total. The quantitative estimate of drug-likeness (QED) is 0.380. The van der Waals surface area contributed by atoms with Gasteiger partial charge in [0.05, 0.1) is 26.0 Å². The van der Waals surface area contributed by atoms with E-state index in [0.29, 0.717) is 35.0 Å². The second-order valence-corrected chi connectivity index (χ2v) is 7.11. The van der Waals surface area contributed by atoms with Crippen LogP contribution in [0.25, 0.3) is 0 Å². The Morgan fingerprint density at radius 3 is 2.53 bits per heavy atom. The summed E-state index contributed by atoms with van der Waals surface area (Å²) in [5.41, 5.74) is 4.59. The van der Waals surface area contributed by atoms with E-state index in [0.717, 1.165) is 10.0 Å². The minimum atomic E-state index is -0.377. The summed E-state index contributed by atoms with van der Waals surface area (Å²) in [5, 5.41) is 4.05. The Kier molecular flexibility index (Phi) is 7.45. The summed E-state index contributed by atoms with van der Waals surface area (Å²) in [4.78, 5) is 12.6. The lowest BCUT2D eigenvalue weighted by Gasteiger charge is -2.11. The predicted octanol–water partition coefficient (Wildman–Crippen LogP) is 4.81. The number of nitrogens with zero attached hydrogens (tertiary/aromatic N) is 1. The summed E-state index contributed by atoms with van der Waals surface area (Å²) < 4.78 is 17.5. The van der Waals surface area contributed by atoms with E-state index in [2.05, 4.69) is 26.5 Å². The van der Waals surface area contributed by atoms with Gasteiger partial charge in [-0.25, -0.2) is 5.43 Å². The predicted molar refractivity (Wildman–Crippen MR) is 120 cm³/mol. The van der Waals surface area contributed by atoms with Gasteiger partial charge in [0.2, 0.25) is 0 Å². The largest absolute Gasteiger partial charge is 0.493 e. The van der Waals surface area contributed by atoms with Crippen LogP contribution in [0.15, 0.2) is 76.3 Å². The van der Waals surface area contributed by atoms with Crippen LogP contribution in [0.3, 0.4) is 0 Å². The van der Waals surface area contributed by atoms with Crippen LogP contribution < -0.4 is 19.6 Å². The lowest BCUT2D eigenvalue weighted by Crippen LogP contribution is -2.18. The van der Waals surface area contributed by atoms with Crippen LogP contribution in [0.1, 0.15) is 21.5 Å². The van der Waals surface area contributed by atoms with Crippen molar-refractivity contribution in [2.45, 2.75) is 6.61 Å². The number of ether oxygens (including phenoxy) is 3. The third-order valence-corrected chi connectivity index (χ3v) is 4.71. The first-order chi connectivity index (χ1) is 14.6. The molecule has 30 heavy (non-hydrogen) atoms. The number of hydrogen-bond acceptors (Lipinski definition) is 5. The Balaban J connectivity index is 1.70. The van der Waals surface area contributed by atoms with Crippen molar-refractivity contribution in [1.82, 2.24) is 5.43 Å². The minimum absolute atomic E-state index is 0.341. The maximum Gasteiger partial charge on any atom is 0.275 e. The lowest BCUT2D eigenvalue weighted by atomic mass is 10.2. The van der Waals surface area contributed by atoms with Gasteiger partial charge >= 0.3 is 0 Å². The summed E-state index contributed by atoms with van der Waals surface area (Å²) in [6, 6.07) is 20.2. The molecule has 3 aromatic carbocycles. The highest BCUT2D eigenvalue weighted by molar-refractivity contribution is 9.10. The molecular formula is C23H21BrN2O4. The van der Waals surface area contributed by atoms with Gasteiger partial charge in [-0.2, -0.15) is 5.10 Å². The van der Waals surface area contributed by atoms with Gasteiger partial charge in [-0.05, 0) is 42.0 Å². The fourth-order valence-electron chi connectivity index (χ4n) is 2.80. The Labute approximate surface area is 183 Å². The van der Waals surface area contributed by atoms with Crippen molar-refractivity contribution in [3.8, 4) is 17.2 Å². The number of rotatable bonds is 8. The molecule has 0 aliphatic rings. The van der Waals surface area contributed by atoms with Crippen LogP contribution in [0.5, 0.6) is 17.2 Å². The molecule has 3 rings (SSSR count). The number of benzene rings is 3. The molecule has 0 radical (unpaired) electrons. The molecule has 0 saturated heterocycles. The molecule has 0 bridgehead atoms. The molecule has 0 unspecified atom stereocenters. The van der Waals surface area contributed by atoms with Gasteiger partial charge in [-0.1, -0.05) is 46.3 Å². The number of nitrogens with one attached hydrogen (secondary N) is 1. The second kappa shape index (κ2) is 10.5. The zero-order valence-corrected chi connectivity index (χ0v) is 18.2. The molecule has 0 heterocycles. The van der Waals surface area contributed by atoms with Crippen LogP contribution in [-0.2, 0) is 6.61 Å². The van der Waals surface area contributed by atoms with Crippen LogP contribution in [0.4, 0.5) is 0 Å². The summed E-state index contributed by atoms with van der Waals surface area (Å²) >= 11 is 3.44. The van der Waals surface area contributed by atoms with Gasteiger partial charge in [0.25, 0.3) is 5.91 Å². The van der Waals surface area contributed by atoms with Gasteiger partial charge in [0.15, 0.2) is 11.5 Å². The van der Waals surface area contributed by atoms with E-state index in [-0.39, 0.29) is 5.91 Å². The number of halogens is 1. The fraction of sp³-hybridized carbons (Fsp3) is 0.130. The highest BCUT2D eigenvalue weighted by Crippen LogP contribution is 2.29. The average Bonchev–Trinajstić information content (AvgIpc) is 2.77. The molecule has 0 aliphatic carbocycles. The van der Waals surface area contributed by atoms with Crippen LogP contribution in [-0.4, -0.2) is 26.3 Å². The zero-order valence-electron chi connectivity index (χ0n) is 16.6. The molecular weight excluding hydrogens is 448 g/mol. The van der Waals surface area contributed by atoms with Crippen LogP contribution in [0.2, 0.25) is 0 Å². The molecule has 0 aromatic heterocycles. The lowest BCUT2D eigenvalue weighted by molar-refractivity contribution is 0.0950. The van der Waals surface area contributed by atoms with Crippen LogP contribution in [0, 0.1) is 0 Å². The van der Waals surface area contributed by atoms with E-state index < -0.39 is 0 Å². The Morgan fingerprint density at radius 2 is 1.77 bits per heavy atom. The number of hydrazone groups is 1. The first-order valence-electron chi connectivity index (χ1n) is 9.13. The van der Waals surface area contributed by atoms with E-state index in [4.69, 9.17) is 14.2 Å². The average molecular weight is 469 g/mol. The van der Waals surface area contributed by atoms with Gasteiger partial charge in [-0.15, -0.1) is 0 Å². The SMILES string of the molecule is COc1cccc(/C=N\NC(=O)c2ccccc2OCc2cccc(Br)c2)c1OC. The number of amides is 1. The molecule has 6 nitrogen and oxygen atoms in total. The van der Waals surface area contributed by atoms with Crippen molar-refractivity contribution in [3.63, 3.8) is 0 Å². The third kappa shape index (κ3) is 5.39. The first-order valence-corrected chi connectivity index (χ1v) is 9.92. The highest BCUT2D eigenvalue weighted by atomic mass is 79.9. The minimum Gasteiger partial charge on any atom is -0.493 e. The maximum atomic E-state index is 12.6. The summed E-state index contributed by atoms with van der Waals surface area (Å²) in [6.07, 6.45) is 1.50. The Bertz CT molecular complexity index is 1050. The number of para-hydroxylation sites is 2. The first kappa shape index (κ1) is 21.4. The van der Waals surface area contributed by atoms with Crippen LogP contribution >= 0.6 is 15.9 Å². The van der Waals surface area contributed by atoms with Gasteiger partial charge in [-0.3, -0.25) is 4.79 Å². The van der Waals surface area contributed by atoms with Gasteiger partial charge in [0.1, 0.15) is 12.4 Å². The van der Waals surface area contributed by atoms with E-state index in [1.165, 1.54) is 6.21 Å². The summed E-state index contributed by atoms with van der Waals surface area (Å²) in [6.45, 7) is 0.341. The number of hydrogen-bond donors (Lipinski definition) is 1. The Hall–Kier alpha value is -3.32. The number of methoxy groups -OCH3 is 2. The van der Waals surface area contributed by atoms with Crippen molar-refractivity contribution >= 4 is 28.1 Å². The molecule has 1 amide bonds. The van der Waals surface area contributed by atoms with E-state index in [9.17, 15) is 4.79 Å². The summed E-state index contributed by atoms with van der Waals surface area (Å²) in [5.74, 6) is 1.22. The number of carbonyl (C=O) groups excluding carboxylic acids is 1. The molecule has 7 heteroatoms. The van der Waals surface area contributed by atoms with Crippen molar-refractivity contribution in [2.24, 2.45) is 5.10 Å². The van der Waals surface area contributed by atoms with Gasteiger partial charge < -0.3 is 14.2 Å². The standard InChI is InChI=1S/C23H21BrN2O4/c1-28-21-12-6-8-17(22(21)29-2)14-25-26-23(27)19-10-3-4-11-20(19)30-15-16-7-5-9-18(24)13-16/h3-14H,15H2,1-2H3,(H,26,27)/b25-14-. The van der Waals surface area contributed by atoms with E-state index in [1.54, 1.807) is 38.5 Å². The third-order valence-electron chi connectivity index (χ3n) is 4.22. The van der Waals surface area contributed by atoms with Crippen molar-refractivity contribution in [3.05, 3.63) is 87.9 Å². The van der Waals surface area contributed by atoms with Crippen molar-refractivity contribution < 1.29 is 19.0 Å². The zero-order chi connectivity index (χ0) is 21.3. The Morgan fingerprint density at radius 1 is 1.00 bits per heavy atom. The molecule has 0 fully saturated rings. The molecule has 0 spiro atoms. The monoisotopic (exact) mass is 468 g/mol. The normalized spacial score (nSPS) is 10.6. The molecule has 154 valence electrons.